The lowest BCUT2D eigenvalue weighted by molar-refractivity contribution is 0.0534. The van der Waals surface area contributed by atoms with E-state index in [9.17, 15) is 4.79 Å². The molecule has 2 aromatic rings. The molecule has 5 nitrogen and oxygen atoms in total. The summed E-state index contributed by atoms with van der Waals surface area (Å²) < 4.78 is 5.16. The molecule has 2 rings (SSSR count). The Morgan fingerprint density at radius 2 is 2.04 bits per heavy atom. The number of nitrogens with one attached hydrogen (secondary N) is 2. The average Bonchev–Trinajstić information content (AvgIpc) is 2.91. The van der Waals surface area contributed by atoms with Crippen LogP contribution in [0.25, 0.3) is 17.3 Å². The van der Waals surface area contributed by atoms with Gasteiger partial charge in [-0.15, -0.1) is 0 Å². The normalized spacial score (nSPS) is 11.7. The van der Waals surface area contributed by atoms with E-state index in [-0.39, 0.29) is 0 Å². The standard InChI is InChI=1S/C17H20ClN3O2/c1-17(2,3)23-16(22)19-10-4-5-13-11-20-21-15(13)12-6-8-14(18)9-7-12/h4-9,11H,10H2,1-3H3,(H,19,22)(H,20,21). The van der Waals surface area contributed by atoms with E-state index in [0.717, 1.165) is 16.8 Å². The van der Waals surface area contributed by atoms with E-state index in [1.165, 1.54) is 0 Å². The number of halogens is 1. The fourth-order valence-electron chi connectivity index (χ4n) is 1.91. The number of amides is 1. The van der Waals surface area contributed by atoms with Crippen molar-refractivity contribution in [3.63, 3.8) is 0 Å². The van der Waals surface area contributed by atoms with E-state index in [1.54, 1.807) is 6.20 Å². The van der Waals surface area contributed by atoms with Crippen LogP contribution in [0.2, 0.25) is 5.02 Å². The molecule has 122 valence electrons. The molecule has 0 saturated heterocycles. The minimum Gasteiger partial charge on any atom is -0.444 e. The first kappa shape index (κ1) is 17.1. The van der Waals surface area contributed by atoms with Crippen molar-refractivity contribution in [1.82, 2.24) is 15.5 Å². The monoisotopic (exact) mass is 333 g/mol. The van der Waals surface area contributed by atoms with Crippen LogP contribution >= 0.6 is 11.6 Å². The van der Waals surface area contributed by atoms with E-state index in [4.69, 9.17) is 16.3 Å². The third-order valence-corrected chi connectivity index (χ3v) is 3.11. The van der Waals surface area contributed by atoms with Gasteiger partial charge in [-0.05, 0) is 32.9 Å². The third-order valence-electron chi connectivity index (χ3n) is 2.86. The Labute approximate surface area is 140 Å². The molecule has 0 bridgehead atoms. The third kappa shape index (κ3) is 5.45. The molecule has 0 spiro atoms. The number of aromatic amines is 1. The van der Waals surface area contributed by atoms with Crippen molar-refractivity contribution < 1.29 is 9.53 Å². The zero-order chi connectivity index (χ0) is 16.9. The van der Waals surface area contributed by atoms with E-state index >= 15 is 0 Å². The number of H-pyrrole nitrogens is 1. The van der Waals surface area contributed by atoms with Gasteiger partial charge in [0, 0.05) is 22.7 Å². The molecule has 6 heteroatoms. The maximum atomic E-state index is 11.5. The van der Waals surface area contributed by atoms with Crippen LogP contribution in [0, 0.1) is 0 Å². The van der Waals surface area contributed by atoms with Crippen molar-refractivity contribution in [2.75, 3.05) is 6.54 Å². The zero-order valence-electron chi connectivity index (χ0n) is 13.4. The molecule has 1 amide bonds. The minimum absolute atomic E-state index is 0.375. The Bertz CT molecular complexity index is 685. The topological polar surface area (TPSA) is 67.0 Å². The van der Waals surface area contributed by atoms with Gasteiger partial charge in [0.05, 0.1) is 11.9 Å². The Balaban J connectivity index is 1.95. The Morgan fingerprint density at radius 3 is 2.70 bits per heavy atom. The van der Waals surface area contributed by atoms with Crippen LogP contribution < -0.4 is 5.32 Å². The number of aromatic nitrogens is 2. The average molecular weight is 334 g/mol. The number of nitrogens with zero attached hydrogens (tertiary/aromatic N) is 1. The van der Waals surface area contributed by atoms with Crippen molar-refractivity contribution in [2.24, 2.45) is 0 Å². The maximum absolute atomic E-state index is 11.5. The van der Waals surface area contributed by atoms with Crippen LogP contribution in [0.15, 0.2) is 36.5 Å². The summed E-state index contributed by atoms with van der Waals surface area (Å²) in [4.78, 5) is 11.5. The molecular weight excluding hydrogens is 314 g/mol. The quantitative estimate of drug-likeness (QED) is 0.878. The predicted molar refractivity (Wildman–Crippen MR) is 92.3 cm³/mol. The number of carbonyl (C=O) groups excluding carboxylic acids is 1. The summed E-state index contributed by atoms with van der Waals surface area (Å²) in [5.41, 5.74) is 2.32. The lowest BCUT2D eigenvalue weighted by atomic mass is 10.1. The molecule has 0 aliphatic heterocycles. The van der Waals surface area contributed by atoms with E-state index < -0.39 is 11.7 Å². The lowest BCUT2D eigenvalue weighted by Crippen LogP contribution is -2.32. The first-order chi connectivity index (χ1) is 10.8. The number of alkyl carbamates (subject to hydrolysis) is 1. The molecule has 0 radical (unpaired) electrons. The van der Waals surface area contributed by atoms with Crippen LogP contribution in [0.3, 0.4) is 0 Å². The van der Waals surface area contributed by atoms with E-state index in [1.807, 2.05) is 57.2 Å². The highest BCUT2D eigenvalue weighted by molar-refractivity contribution is 6.30. The zero-order valence-corrected chi connectivity index (χ0v) is 14.1. The van der Waals surface area contributed by atoms with Gasteiger partial charge < -0.3 is 10.1 Å². The molecule has 2 N–H and O–H groups in total. The van der Waals surface area contributed by atoms with Crippen LogP contribution in [0.1, 0.15) is 26.3 Å². The number of hydrogen-bond donors (Lipinski definition) is 2. The molecule has 0 unspecified atom stereocenters. The fraction of sp³-hybridized carbons (Fsp3) is 0.294. The SMILES string of the molecule is CC(C)(C)OC(=O)NCC=Cc1cn[nH]c1-c1ccc(Cl)cc1. The lowest BCUT2D eigenvalue weighted by Gasteiger charge is -2.19. The molecule has 0 aliphatic rings. The summed E-state index contributed by atoms with van der Waals surface area (Å²) >= 11 is 5.90. The van der Waals surface area contributed by atoms with Crippen molar-refractivity contribution in [3.8, 4) is 11.3 Å². The smallest absolute Gasteiger partial charge is 0.407 e. The summed E-state index contributed by atoms with van der Waals surface area (Å²) in [5.74, 6) is 0. The van der Waals surface area contributed by atoms with Crippen LogP contribution in [-0.2, 0) is 4.74 Å². The Kier molecular flexibility index (Phi) is 5.45. The summed E-state index contributed by atoms with van der Waals surface area (Å²) in [6.45, 7) is 5.85. The molecule has 0 atom stereocenters. The van der Waals surface area contributed by atoms with Crippen molar-refractivity contribution in [1.29, 1.82) is 0 Å². The molecule has 0 aliphatic carbocycles. The fourth-order valence-corrected chi connectivity index (χ4v) is 2.04. The molecule has 1 heterocycles. The van der Waals surface area contributed by atoms with Crippen molar-refractivity contribution in [2.45, 2.75) is 26.4 Å². The predicted octanol–water partition coefficient (Wildman–Crippen LogP) is 4.27. The highest BCUT2D eigenvalue weighted by Crippen LogP contribution is 2.23. The molecule has 0 fully saturated rings. The van der Waals surface area contributed by atoms with Crippen LogP contribution in [0.4, 0.5) is 4.79 Å². The summed E-state index contributed by atoms with van der Waals surface area (Å²) in [7, 11) is 0. The summed E-state index contributed by atoms with van der Waals surface area (Å²) in [6.07, 6.45) is 5.03. The molecule has 1 aromatic carbocycles. The number of rotatable bonds is 4. The summed E-state index contributed by atoms with van der Waals surface area (Å²) in [6, 6.07) is 7.50. The van der Waals surface area contributed by atoms with Gasteiger partial charge in [-0.25, -0.2) is 4.79 Å². The van der Waals surface area contributed by atoms with Crippen molar-refractivity contribution >= 4 is 23.8 Å². The molecule has 23 heavy (non-hydrogen) atoms. The molecule has 0 saturated carbocycles. The van der Waals surface area contributed by atoms with Gasteiger partial charge in [0.15, 0.2) is 0 Å². The minimum atomic E-state index is -0.500. The van der Waals surface area contributed by atoms with Gasteiger partial charge >= 0.3 is 6.09 Å². The first-order valence-electron chi connectivity index (χ1n) is 7.28. The first-order valence-corrected chi connectivity index (χ1v) is 7.65. The second-order valence-corrected chi connectivity index (χ2v) is 6.43. The van der Waals surface area contributed by atoms with E-state index in [0.29, 0.717) is 11.6 Å². The highest BCUT2D eigenvalue weighted by Gasteiger charge is 2.15. The van der Waals surface area contributed by atoms with Gasteiger partial charge in [0.2, 0.25) is 0 Å². The molecular formula is C17H20ClN3O2. The molecule has 1 aromatic heterocycles. The largest absolute Gasteiger partial charge is 0.444 e. The number of ether oxygens (including phenoxy) is 1. The van der Waals surface area contributed by atoms with Crippen LogP contribution in [-0.4, -0.2) is 28.4 Å². The maximum Gasteiger partial charge on any atom is 0.407 e. The van der Waals surface area contributed by atoms with Gasteiger partial charge in [-0.3, -0.25) is 5.10 Å². The Hall–Kier alpha value is -2.27. The van der Waals surface area contributed by atoms with Crippen molar-refractivity contribution in [3.05, 3.63) is 47.1 Å². The summed E-state index contributed by atoms with van der Waals surface area (Å²) in [5, 5.41) is 10.4. The van der Waals surface area contributed by atoms with Gasteiger partial charge in [-0.2, -0.15) is 5.10 Å². The van der Waals surface area contributed by atoms with E-state index in [2.05, 4.69) is 15.5 Å². The Morgan fingerprint density at radius 1 is 1.35 bits per heavy atom. The van der Waals surface area contributed by atoms with Gasteiger partial charge in [0.1, 0.15) is 5.60 Å². The number of carbonyl (C=O) groups is 1. The second kappa shape index (κ2) is 7.33. The number of hydrogen-bond acceptors (Lipinski definition) is 3. The second-order valence-electron chi connectivity index (χ2n) is 5.99. The van der Waals surface area contributed by atoms with Gasteiger partial charge in [-0.1, -0.05) is 35.9 Å². The van der Waals surface area contributed by atoms with Crippen LogP contribution in [0.5, 0.6) is 0 Å². The van der Waals surface area contributed by atoms with Gasteiger partial charge in [0.25, 0.3) is 0 Å². The highest BCUT2D eigenvalue weighted by atomic mass is 35.5. The number of benzene rings is 1.